The molecule has 0 heterocycles. The molecule has 0 spiro atoms. The van der Waals surface area contributed by atoms with E-state index in [2.05, 4.69) is 28.2 Å². The van der Waals surface area contributed by atoms with Crippen molar-refractivity contribution in [3.8, 4) is 5.75 Å². The van der Waals surface area contributed by atoms with E-state index >= 15 is 0 Å². The van der Waals surface area contributed by atoms with E-state index in [4.69, 9.17) is 0 Å². The van der Waals surface area contributed by atoms with E-state index in [-0.39, 0.29) is 17.7 Å². The number of carbonyl (C=O) groups excluding carboxylic acids is 1. The van der Waals surface area contributed by atoms with E-state index in [0.29, 0.717) is 5.56 Å². The van der Waals surface area contributed by atoms with Gasteiger partial charge in [0.2, 0.25) is 0 Å². The molecule has 0 aliphatic carbocycles. The minimum absolute atomic E-state index is 0.00299. The van der Waals surface area contributed by atoms with Crippen molar-refractivity contribution in [2.24, 2.45) is 0 Å². The second kappa shape index (κ2) is 6.64. The van der Waals surface area contributed by atoms with Crippen molar-refractivity contribution < 1.29 is 9.90 Å². The summed E-state index contributed by atoms with van der Waals surface area (Å²) in [4.78, 5) is 11.9. The van der Waals surface area contributed by atoms with Crippen molar-refractivity contribution in [1.29, 1.82) is 0 Å². The maximum absolute atomic E-state index is 11.9. The van der Waals surface area contributed by atoms with Gasteiger partial charge in [-0.05, 0) is 31.0 Å². The molecular weight excluding hydrogens is 282 g/mol. The van der Waals surface area contributed by atoms with Gasteiger partial charge in [-0.25, -0.2) is 0 Å². The molecular formula is C13H18BrNO2. The van der Waals surface area contributed by atoms with Crippen molar-refractivity contribution in [2.45, 2.75) is 39.2 Å². The Balaban J connectivity index is 2.75. The Morgan fingerprint density at radius 1 is 1.47 bits per heavy atom. The topological polar surface area (TPSA) is 49.3 Å². The van der Waals surface area contributed by atoms with Crippen LogP contribution < -0.4 is 5.32 Å². The van der Waals surface area contributed by atoms with Crippen LogP contribution in [0.5, 0.6) is 5.75 Å². The minimum Gasteiger partial charge on any atom is -0.507 e. The number of amides is 1. The molecule has 17 heavy (non-hydrogen) atoms. The molecule has 0 fully saturated rings. The van der Waals surface area contributed by atoms with Gasteiger partial charge in [-0.1, -0.05) is 36.2 Å². The van der Waals surface area contributed by atoms with E-state index in [1.807, 2.05) is 6.92 Å². The van der Waals surface area contributed by atoms with Gasteiger partial charge < -0.3 is 10.4 Å². The van der Waals surface area contributed by atoms with E-state index < -0.39 is 0 Å². The molecule has 0 radical (unpaired) electrons. The smallest absolute Gasteiger partial charge is 0.255 e. The molecule has 0 aliphatic rings. The zero-order chi connectivity index (χ0) is 12.8. The Morgan fingerprint density at radius 3 is 2.71 bits per heavy atom. The summed E-state index contributed by atoms with van der Waals surface area (Å²) in [6, 6.07) is 5.06. The molecule has 1 atom stereocenters. The third kappa shape index (κ3) is 4.04. The van der Waals surface area contributed by atoms with Crippen LogP contribution in [0.15, 0.2) is 22.7 Å². The van der Waals surface area contributed by atoms with Crippen LogP contribution in [-0.4, -0.2) is 17.1 Å². The van der Waals surface area contributed by atoms with E-state index in [1.165, 1.54) is 6.07 Å². The first kappa shape index (κ1) is 14.0. The summed E-state index contributed by atoms with van der Waals surface area (Å²) in [7, 11) is 0. The van der Waals surface area contributed by atoms with Crippen LogP contribution in [0.4, 0.5) is 0 Å². The van der Waals surface area contributed by atoms with E-state index in [9.17, 15) is 9.90 Å². The van der Waals surface area contributed by atoms with Gasteiger partial charge in [-0.2, -0.15) is 0 Å². The lowest BCUT2D eigenvalue weighted by molar-refractivity contribution is 0.0931. The molecule has 94 valence electrons. The van der Waals surface area contributed by atoms with Gasteiger partial charge in [0.15, 0.2) is 0 Å². The largest absolute Gasteiger partial charge is 0.507 e. The van der Waals surface area contributed by atoms with Crippen LogP contribution in [0.2, 0.25) is 0 Å². The Hall–Kier alpha value is -1.03. The normalized spacial score (nSPS) is 12.2. The third-order valence-corrected chi connectivity index (χ3v) is 3.16. The SMILES string of the molecule is CCCC(CC)NC(=O)c1ccc(Br)cc1O. The van der Waals surface area contributed by atoms with Gasteiger partial charge in [0.05, 0.1) is 5.56 Å². The average Bonchev–Trinajstić information content (AvgIpc) is 2.28. The second-order valence-corrected chi connectivity index (χ2v) is 4.94. The number of phenolic OH excluding ortho intramolecular Hbond substituents is 1. The number of benzene rings is 1. The lowest BCUT2D eigenvalue weighted by Crippen LogP contribution is -2.34. The van der Waals surface area contributed by atoms with E-state index in [1.54, 1.807) is 12.1 Å². The fourth-order valence-corrected chi connectivity index (χ4v) is 2.04. The number of nitrogens with one attached hydrogen (secondary N) is 1. The summed E-state index contributed by atoms with van der Waals surface area (Å²) < 4.78 is 0.757. The van der Waals surface area contributed by atoms with Crippen LogP contribution in [-0.2, 0) is 0 Å². The fourth-order valence-electron chi connectivity index (χ4n) is 1.69. The lowest BCUT2D eigenvalue weighted by atomic mass is 10.1. The van der Waals surface area contributed by atoms with Crippen LogP contribution in [0, 0.1) is 0 Å². The monoisotopic (exact) mass is 299 g/mol. The van der Waals surface area contributed by atoms with Gasteiger partial charge in [0, 0.05) is 10.5 Å². The van der Waals surface area contributed by atoms with Gasteiger partial charge in [-0.3, -0.25) is 4.79 Å². The maximum atomic E-state index is 11.9. The molecule has 1 rings (SSSR count). The van der Waals surface area contributed by atoms with Crippen LogP contribution >= 0.6 is 15.9 Å². The lowest BCUT2D eigenvalue weighted by Gasteiger charge is -2.16. The molecule has 3 nitrogen and oxygen atoms in total. The maximum Gasteiger partial charge on any atom is 0.255 e. The number of carbonyl (C=O) groups is 1. The van der Waals surface area contributed by atoms with Crippen molar-refractivity contribution >= 4 is 21.8 Å². The number of aromatic hydroxyl groups is 1. The number of phenols is 1. The molecule has 0 bridgehead atoms. The molecule has 1 unspecified atom stereocenters. The first-order valence-electron chi connectivity index (χ1n) is 5.87. The number of hydrogen-bond acceptors (Lipinski definition) is 2. The first-order valence-corrected chi connectivity index (χ1v) is 6.67. The average molecular weight is 300 g/mol. The summed E-state index contributed by atoms with van der Waals surface area (Å²) in [5, 5.41) is 12.6. The van der Waals surface area contributed by atoms with Gasteiger partial charge in [0.1, 0.15) is 5.75 Å². The Bertz CT molecular complexity index is 393. The Morgan fingerprint density at radius 2 is 2.18 bits per heavy atom. The summed E-state index contributed by atoms with van der Waals surface area (Å²) in [6.45, 7) is 4.13. The van der Waals surface area contributed by atoms with Gasteiger partial charge >= 0.3 is 0 Å². The van der Waals surface area contributed by atoms with Crippen molar-refractivity contribution in [2.75, 3.05) is 0 Å². The van der Waals surface area contributed by atoms with Gasteiger partial charge in [-0.15, -0.1) is 0 Å². The zero-order valence-electron chi connectivity index (χ0n) is 10.2. The highest BCUT2D eigenvalue weighted by Gasteiger charge is 2.14. The first-order chi connectivity index (χ1) is 8.08. The molecule has 0 aromatic heterocycles. The predicted molar refractivity (Wildman–Crippen MR) is 72.3 cm³/mol. The highest BCUT2D eigenvalue weighted by molar-refractivity contribution is 9.10. The summed E-state index contributed by atoms with van der Waals surface area (Å²) in [6.07, 6.45) is 2.89. The van der Waals surface area contributed by atoms with Crippen LogP contribution in [0.25, 0.3) is 0 Å². The summed E-state index contributed by atoms with van der Waals surface area (Å²) in [5.41, 5.74) is 0.322. The summed E-state index contributed by atoms with van der Waals surface area (Å²) >= 11 is 3.24. The summed E-state index contributed by atoms with van der Waals surface area (Å²) in [5.74, 6) is -0.210. The number of halogens is 1. The Labute approximate surface area is 110 Å². The highest BCUT2D eigenvalue weighted by Crippen LogP contribution is 2.22. The molecule has 1 aromatic carbocycles. The molecule has 1 amide bonds. The number of hydrogen-bond donors (Lipinski definition) is 2. The second-order valence-electron chi connectivity index (χ2n) is 4.03. The molecule has 0 aliphatic heterocycles. The van der Waals surface area contributed by atoms with E-state index in [0.717, 1.165) is 23.7 Å². The fraction of sp³-hybridized carbons (Fsp3) is 0.462. The van der Waals surface area contributed by atoms with Crippen molar-refractivity contribution in [3.05, 3.63) is 28.2 Å². The molecule has 2 N–H and O–H groups in total. The predicted octanol–water partition coefficient (Wildman–Crippen LogP) is 3.46. The minimum atomic E-state index is -0.213. The van der Waals surface area contributed by atoms with Crippen LogP contribution in [0.3, 0.4) is 0 Å². The molecule has 0 saturated carbocycles. The quantitative estimate of drug-likeness (QED) is 0.875. The molecule has 1 aromatic rings. The number of rotatable bonds is 5. The van der Waals surface area contributed by atoms with Crippen molar-refractivity contribution in [3.63, 3.8) is 0 Å². The highest BCUT2D eigenvalue weighted by atomic mass is 79.9. The molecule has 0 saturated heterocycles. The van der Waals surface area contributed by atoms with Crippen molar-refractivity contribution in [1.82, 2.24) is 5.32 Å². The third-order valence-electron chi connectivity index (χ3n) is 2.67. The van der Waals surface area contributed by atoms with Gasteiger partial charge in [0.25, 0.3) is 5.91 Å². The Kier molecular flexibility index (Phi) is 5.48. The molecule has 4 heteroatoms. The zero-order valence-corrected chi connectivity index (χ0v) is 11.8. The standard InChI is InChI=1S/C13H18BrNO2/c1-3-5-10(4-2)15-13(17)11-7-6-9(14)8-12(11)16/h6-8,10,16H,3-5H2,1-2H3,(H,15,17). The van der Waals surface area contributed by atoms with Crippen LogP contribution in [0.1, 0.15) is 43.5 Å².